The Balaban J connectivity index is 1.66. The molecule has 3 rings (SSSR count). The molecule has 2 aromatic rings. The van der Waals surface area contributed by atoms with Crippen molar-refractivity contribution in [2.24, 2.45) is 0 Å². The van der Waals surface area contributed by atoms with E-state index in [0.717, 1.165) is 17.7 Å². The Morgan fingerprint density at radius 1 is 1.36 bits per heavy atom. The number of aromatic carboxylic acids is 1. The second-order valence-corrected chi connectivity index (χ2v) is 7.00. The highest BCUT2D eigenvalue weighted by molar-refractivity contribution is 8.00. The van der Waals surface area contributed by atoms with Crippen LogP contribution in [0.3, 0.4) is 0 Å². The molecule has 0 spiro atoms. The van der Waals surface area contributed by atoms with E-state index >= 15 is 0 Å². The highest BCUT2D eigenvalue weighted by atomic mass is 32.2. The molecule has 2 N–H and O–H groups in total. The van der Waals surface area contributed by atoms with Crippen LogP contribution in [0.25, 0.3) is 0 Å². The standard InChI is InChI=1S/C15H14N2O3S2/c18-14(16-7-12-17-11(8-22-12)15(19)20)13-10-4-2-1-3-9(10)5-6-21-13/h1-4,8,13H,5-7H2,(H,16,18)(H,19,20)/t13-/m0/s1. The molecular formula is C15H14N2O3S2. The summed E-state index contributed by atoms with van der Waals surface area (Å²) in [6.07, 6.45) is 0.985. The van der Waals surface area contributed by atoms with E-state index in [1.54, 1.807) is 11.8 Å². The highest BCUT2D eigenvalue weighted by Gasteiger charge is 2.26. The first kappa shape index (κ1) is 15.1. The zero-order valence-corrected chi connectivity index (χ0v) is 13.2. The van der Waals surface area contributed by atoms with Gasteiger partial charge >= 0.3 is 5.97 Å². The maximum absolute atomic E-state index is 12.4. The fourth-order valence-electron chi connectivity index (χ4n) is 2.36. The predicted octanol–water partition coefficient (Wildman–Crippen LogP) is 2.49. The molecule has 1 amide bonds. The van der Waals surface area contributed by atoms with E-state index in [4.69, 9.17) is 5.11 Å². The number of carbonyl (C=O) groups excluding carboxylic acids is 1. The summed E-state index contributed by atoms with van der Waals surface area (Å²) in [6.45, 7) is 0.260. The number of carboxylic acids is 1. The normalized spacial score (nSPS) is 16.8. The Morgan fingerprint density at radius 3 is 2.95 bits per heavy atom. The Hall–Kier alpha value is -1.86. The van der Waals surface area contributed by atoms with E-state index in [0.29, 0.717) is 5.01 Å². The number of thioether (sulfide) groups is 1. The number of benzene rings is 1. The summed E-state index contributed by atoms with van der Waals surface area (Å²) in [5, 5.41) is 13.6. The number of fused-ring (bicyclic) bond motifs is 1. The van der Waals surface area contributed by atoms with Crippen LogP contribution in [0.15, 0.2) is 29.6 Å². The van der Waals surface area contributed by atoms with Crippen molar-refractivity contribution in [1.29, 1.82) is 0 Å². The van der Waals surface area contributed by atoms with E-state index in [9.17, 15) is 9.59 Å². The van der Waals surface area contributed by atoms with Crippen molar-refractivity contribution in [3.8, 4) is 0 Å². The molecule has 0 saturated carbocycles. The van der Waals surface area contributed by atoms with Crippen molar-refractivity contribution >= 4 is 35.0 Å². The molecule has 114 valence electrons. The zero-order valence-electron chi connectivity index (χ0n) is 11.6. The van der Waals surface area contributed by atoms with Crippen molar-refractivity contribution in [3.05, 3.63) is 51.5 Å². The van der Waals surface area contributed by atoms with E-state index in [1.807, 2.05) is 18.2 Å². The molecule has 0 unspecified atom stereocenters. The Labute approximate surface area is 135 Å². The highest BCUT2D eigenvalue weighted by Crippen LogP contribution is 2.36. The molecule has 0 aliphatic carbocycles. The zero-order chi connectivity index (χ0) is 15.5. The summed E-state index contributed by atoms with van der Waals surface area (Å²) < 4.78 is 0. The minimum Gasteiger partial charge on any atom is -0.476 e. The average molecular weight is 334 g/mol. The maximum Gasteiger partial charge on any atom is 0.355 e. The Kier molecular flexibility index (Phi) is 4.44. The number of thiazole rings is 1. The molecule has 0 fully saturated rings. The lowest BCUT2D eigenvalue weighted by Gasteiger charge is -2.24. The summed E-state index contributed by atoms with van der Waals surface area (Å²) in [6, 6.07) is 8.00. The third kappa shape index (κ3) is 3.15. The largest absolute Gasteiger partial charge is 0.476 e. The minimum absolute atomic E-state index is 0.0200. The number of aryl methyl sites for hydroxylation is 1. The summed E-state index contributed by atoms with van der Waals surface area (Å²) in [4.78, 5) is 27.2. The summed E-state index contributed by atoms with van der Waals surface area (Å²) >= 11 is 2.87. The molecule has 22 heavy (non-hydrogen) atoms. The lowest BCUT2D eigenvalue weighted by molar-refractivity contribution is -0.120. The lowest BCUT2D eigenvalue weighted by Crippen LogP contribution is -2.29. The molecule has 1 aromatic heterocycles. The smallest absolute Gasteiger partial charge is 0.355 e. The van der Waals surface area contributed by atoms with Gasteiger partial charge in [-0.25, -0.2) is 9.78 Å². The maximum atomic E-state index is 12.4. The van der Waals surface area contributed by atoms with Crippen molar-refractivity contribution in [1.82, 2.24) is 10.3 Å². The van der Waals surface area contributed by atoms with Crippen molar-refractivity contribution < 1.29 is 14.7 Å². The number of carbonyl (C=O) groups is 2. The van der Waals surface area contributed by atoms with Crippen LogP contribution < -0.4 is 5.32 Å². The number of hydrogen-bond acceptors (Lipinski definition) is 5. The summed E-state index contributed by atoms with van der Waals surface area (Å²) in [7, 11) is 0. The number of amides is 1. The van der Waals surface area contributed by atoms with E-state index in [-0.39, 0.29) is 23.4 Å². The molecule has 5 nitrogen and oxygen atoms in total. The molecule has 1 atom stereocenters. The first-order valence-electron chi connectivity index (χ1n) is 6.80. The summed E-state index contributed by atoms with van der Waals surface area (Å²) in [5.74, 6) is -0.176. The first-order valence-corrected chi connectivity index (χ1v) is 8.73. The minimum atomic E-state index is -1.05. The monoisotopic (exact) mass is 334 g/mol. The predicted molar refractivity (Wildman–Crippen MR) is 86.3 cm³/mol. The molecule has 1 aliphatic rings. The Bertz CT molecular complexity index is 714. The van der Waals surface area contributed by atoms with Gasteiger partial charge in [0.05, 0.1) is 6.54 Å². The molecule has 0 bridgehead atoms. The topological polar surface area (TPSA) is 79.3 Å². The van der Waals surface area contributed by atoms with Gasteiger partial charge in [0.2, 0.25) is 5.91 Å². The first-order chi connectivity index (χ1) is 10.6. The SMILES string of the molecule is O=C(O)c1csc(CNC(=O)[C@H]2SCCc3ccccc32)n1. The van der Waals surface area contributed by atoms with Crippen molar-refractivity contribution in [3.63, 3.8) is 0 Å². The van der Waals surface area contributed by atoms with Crippen molar-refractivity contribution in [2.45, 2.75) is 18.2 Å². The quantitative estimate of drug-likeness (QED) is 0.898. The molecular weight excluding hydrogens is 320 g/mol. The van der Waals surface area contributed by atoms with Gasteiger partial charge in [0.15, 0.2) is 5.69 Å². The van der Waals surface area contributed by atoms with Gasteiger partial charge in [-0.1, -0.05) is 24.3 Å². The number of carboxylic acid groups (broad SMARTS) is 1. The van der Waals surface area contributed by atoms with Crippen LogP contribution >= 0.6 is 23.1 Å². The lowest BCUT2D eigenvalue weighted by atomic mass is 10.0. The Morgan fingerprint density at radius 2 is 2.18 bits per heavy atom. The molecule has 0 radical (unpaired) electrons. The van der Waals surface area contributed by atoms with E-state index in [1.165, 1.54) is 22.3 Å². The molecule has 1 aliphatic heterocycles. The molecule has 1 aromatic carbocycles. The van der Waals surface area contributed by atoms with Gasteiger partial charge in [0.25, 0.3) is 0 Å². The van der Waals surface area contributed by atoms with Crippen LogP contribution in [-0.2, 0) is 17.8 Å². The number of rotatable bonds is 4. The van der Waals surface area contributed by atoms with E-state index < -0.39 is 5.97 Å². The average Bonchev–Trinajstić information content (AvgIpc) is 3.01. The van der Waals surface area contributed by atoms with Crippen LogP contribution in [0, 0.1) is 0 Å². The second kappa shape index (κ2) is 6.50. The number of nitrogens with one attached hydrogen (secondary N) is 1. The van der Waals surface area contributed by atoms with Gasteiger partial charge in [-0.3, -0.25) is 4.79 Å². The molecule has 0 saturated heterocycles. The van der Waals surface area contributed by atoms with Gasteiger partial charge in [-0.05, 0) is 23.3 Å². The van der Waals surface area contributed by atoms with Crippen LogP contribution in [0.4, 0.5) is 0 Å². The fraction of sp³-hybridized carbons (Fsp3) is 0.267. The second-order valence-electron chi connectivity index (χ2n) is 4.85. The van der Waals surface area contributed by atoms with Crippen LogP contribution in [0.1, 0.15) is 31.9 Å². The number of hydrogen-bond donors (Lipinski definition) is 2. The molecule has 7 heteroatoms. The fourth-order valence-corrected chi connectivity index (χ4v) is 4.28. The van der Waals surface area contributed by atoms with Crippen LogP contribution in [0.5, 0.6) is 0 Å². The van der Waals surface area contributed by atoms with Crippen molar-refractivity contribution in [2.75, 3.05) is 5.75 Å². The van der Waals surface area contributed by atoms with Crippen LogP contribution in [0.2, 0.25) is 0 Å². The van der Waals surface area contributed by atoms with Gasteiger partial charge in [-0.2, -0.15) is 0 Å². The van der Waals surface area contributed by atoms with Gasteiger partial charge in [-0.15, -0.1) is 23.1 Å². The number of nitrogens with zero attached hydrogens (tertiary/aromatic N) is 1. The van der Waals surface area contributed by atoms with Gasteiger partial charge in [0, 0.05) is 5.38 Å². The number of aromatic nitrogens is 1. The third-order valence-electron chi connectivity index (χ3n) is 3.42. The summed E-state index contributed by atoms with van der Waals surface area (Å²) in [5.41, 5.74) is 2.32. The van der Waals surface area contributed by atoms with Crippen LogP contribution in [-0.4, -0.2) is 27.7 Å². The molecule has 2 heterocycles. The van der Waals surface area contributed by atoms with Gasteiger partial charge < -0.3 is 10.4 Å². The van der Waals surface area contributed by atoms with Gasteiger partial charge in [0.1, 0.15) is 10.3 Å². The third-order valence-corrected chi connectivity index (χ3v) is 5.51. The van der Waals surface area contributed by atoms with E-state index in [2.05, 4.69) is 16.4 Å².